The van der Waals surface area contributed by atoms with Gasteiger partial charge in [-0.2, -0.15) is 4.98 Å². The topological polar surface area (TPSA) is 87.6 Å². The molecule has 3 aliphatic rings. The van der Waals surface area contributed by atoms with Gasteiger partial charge in [0.15, 0.2) is 5.16 Å². The number of rotatable bonds is 9. The summed E-state index contributed by atoms with van der Waals surface area (Å²) in [7, 11) is 0. The van der Waals surface area contributed by atoms with Crippen molar-refractivity contribution in [1.29, 1.82) is 0 Å². The van der Waals surface area contributed by atoms with E-state index in [-0.39, 0.29) is 11.7 Å². The Hall–Kier alpha value is -2.80. The van der Waals surface area contributed by atoms with E-state index in [9.17, 15) is 4.79 Å². The van der Waals surface area contributed by atoms with Crippen molar-refractivity contribution in [3.8, 4) is 0 Å². The molecule has 1 aliphatic carbocycles. The summed E-state index contributed by atoms with van der Waals surface area (Å²) in [5.41, 5.74) is 1.76. The van der Waals surface area contributed by atoms with E-state index in [0.717, 1.165) is 29.1 Å². The lowest BCUT2D eigenvalue weighted by Crippen LogP contribution is -2.06. The van der Waals surface area contributed by atoms with Crippen molar-refractivity contribution >= 4 is 28.4 Å². The zero-order valence-corrected chi connectivity index (χ0v) is 18.6. The first-order valence-electron chi connectivity index (χ1n) is 11.0. The van der Waals surface area contributed by atoms with Crippen LogP contribution >= 0.6 is 11.8 Å². The smallest absolute Gasteiger partial charge is 0.270 e. The van der Waals surface area contributed by atoms with Crippen molar-refractivity contribution in [3.05, 3.63) is 64.9 Å². The van der Waals surface area contributed by atoms with Crippen LogP contribution in [0.3, 0.4) is 0 Å². The molecule has 1 aromatic rings. The maximum absolute atomic E-state index is 13.1. The summed E-state index contributed by atoms with van der Waals surface area (Å²) < 4.78 is 6.01. The van der Waals surface area contributed by atoms with Crippen LogP contribution in [0, 0.1) is 10.9 Å². The monoisotopic (exact) mass is 436 g/mol. The predicted octanol–water partition coefficient (Wildman–Crippen LogP) is 6.25. The molecule has 0 fully saturated rings. The molecule has 31 heavy (non-hydrogen) atoms. The minimum absolute atomic E-state index is 0.0652. The molecule has 2 aliphatic heterocycles. The highest BCUT2D eigenvalue weighted by molar-refractivity contribution is 7.99. The van der Waals surface area contributed by atoms with Crippen molar-refractivity contribution in [2.45, 2.75) is 57.0 Å². The number of para-hydroxylation sites is 1. The third kappa shape index (κ3) is 5.28. The van der Waals surface area contributed by atoms with Crippen LogP contribution in [0.4, 0.5) is 0 Å². The fraction of sp³-hybridized carbons (Fsp3) is 0.375. The summed E-state index contributed by atoms with van der Waals surface area (Å²) in [4.78, 5) is 22.3. The fourth-order valence-electron chi connectivity index (χ4n) is 3.58. The highest BCUT2D eigenvalue weighted by atomic mass is 32.2. The minimum Gasteiger partial charge on any atom is -0.414 e. The lowest BCUT2D eigenvalue weighted by Gasteiger charge is -2.05. The van der Waals surface area contributed by atoms with Crippen LogP contribution in [0.25, 0.3) is 10.9 Å². The Morgan fingerprint density at radius 1 is 1.13 bits per heavy atom. The molecule has 2 heterocycles. The van der Waals surface area contributed by atoms with E-state index in [2.05, 4.69) is 33.2 Å². The van der Waals surface area contributed by atoms with Gasteiger partial charge in [0.25, 0.3) is 5.89 Å². The summed E-state index contributed by atoms with van der Waals surface area (Å²) >= 11 is 1.65. The molecule has 2 N–H and O–H groups in total. The second kappa shape index (κ2) is 10.5. The zero-order chi connectivity index (χ0) is 21.5. The Balaban J connectivity index is 1.70. The molecular formula is C24H28N4O2S. The van der Waals surface area contributed by atoms with Crippen molar-refractivity contribution < 1.29 is 9.21 Å². The number of unbranched alkanes of at least 4 members (excludes halogenated alkanes) is 4. The van der Waals surface area contributed by atoms with Crippen molar-refractivity contribution in [2.24, 2.45) is 0 Å². The number of ketones is 1. The standard InChI is InChI=1S/C24H28N4O2S/c1-2-3-4-5-11-16-31-24-26-22-20(27-28-24)18-14-9-10-15-19(18)25-23(30-22)21(29)17-12-7-6-8-13-17/h6-7,9-10,12,14-15,27H,2-5,8,11,13,16H2,1H3,(H,26,28). The number of nitrogens with one attached hydrogen (secondary N) is 2. The van der Waals surface area contributed by atoms with E-state index < -0.39 is 0 Å². The van der Waals surface area contributed by atoms with E-state index >= 15 is 0 Å². The van der Waals surface area contributed by atoms with E-state index in [1.807, 2.05) is 36.4 Å². The molecule has 0 bridgehead atoms. The molecular weight excluding hydrogens is 408 g/mol. The van der Waals surface area contributed by atoms with Gasteiger partial charge in [-0.25, -0.2) is 4.98 Å². The van der Waals surface area contributed by atoms with Gasteiger partial charge in [0.2, 0.25) is 11.3 Å². The molecule has 0 atom stereocenters. The number of allylic oxidation sites excluding steroid dienone is 4. The largest absolute Gasteiger partial charge is 0.414 e. The first-order chi connectivity index (χ1) is 15.3. The van der Waals surface area contributed by atoms with Crippen LogP contribution in [0.15, 0.2) is 57.6 Å². The number of H-pyrrole nitrogens is 2. The highest BCUT2D eigenvalue weighted by Gasteiger charge is 2.18. The van der Waals surface area contributed by atoms with Crippen molar-refractivity contribution in [1.82, 2.24) is 20.2 Å². The van der Waals surface area contributed by atoms with Gasteiger partial charge in [0.1, 0.15) is 5.35 Å². The van der Waals surface area contributed by atoms with Gasteiger partial charge < -0.3 is 4.42 Å². The Kier molecular flexibility index (Phi) is 7.25. The SMILES string of the molecule is CCCCCCCSc1nc2oc(C(=O)C3=CC=CCC3)nc3ccccc3c=2[nH][nH]1. The molecule has 6 nitrogen and oxygen atoms in total. The number of benzene rings is 1. The van der Waals surface area contributed by atoms with Crippen molar-refractivity contribution in [3.63, 3.8) is 0 Å². The second-order valence-electron chi connectivity index (χ2n) is 7.63. The number of fused-ring (bicyclic) bond motifs is 2. The van der Waals surface area contributed by atoms with Crippen LogP contribution in [0.2, 0.25) is 0 Å². The van der Waals surface area contributed by atoms with Crippen LogP contribution < -0.4 is 0 Å². The molecule has 0 spiro atoms. The minimum atomic E-state index is -0.188. The van der Waals surface area contributed by atoms with Crippen LogP contribution in [-0.4, -0.2) is 31.7 Å². The second-order valence-corrected chi connectivity index (χ2v) is 8.72. The maximum atomic E-state index is 13.1. The van der Waals surface area contributed by atoms with Gasteiger partial charge in [0, 0.05) is 16.7 Å². The number of Topliss-reactive ketones (excluding diaryl/α,β-unsaturated/α-hetero) is 1. The molecule has 0 amide bonds. The number of aromatic nitrogens is 4. The third-order valence-electron chi connectivity index (χ3n) is 5.29. The number of aromatic amines is 2. The molecule has 1 aromatic carbocycles. The van der Waals surface area contributed by atoms with E-state index in [1.165, 1.54) is 25.7 Å². The summed E-state index contributed by atoms with van der Waals surface area (Å²) in [6, 6.07) is 7.66. The molecule has 0 saturated heterocycles. The van der Waals surface area contributed by atoms with Crippen LogP contribution in [-0.2, 0) is 0 Å². The Morgan fingerprint density at radius 3 is 2.84 bits per heavy atom. The molecule has 0 radical (unpaired) electrons. The summed E-state index contributed by atoms with van der Waals surface area (Å²) in [5, 5.41) is 8.64. The molecule has 0 aromatic heterocycles. The fourth-order valence-corrected chi connectivity index (χ4v) is 4.39. The van der Waals surface area contributed by atoms with Gasteiger partial charge in [0.05, 0.1) is 5.52 Å². The summed E-state index contributed by atoms with van der Waals surface area (Å²) in [6.45, 7) is 2.22. The lowest BCUT2D eigenvalue weighted by molar-refractivity contribution is 0.0989. The Bertz CT molecular complexity index is 1220. The summed E-state index contributed by atoms with van der Waals surface area (Å²) in [5.74, 6) is 0.859. The number of hydrogen-bond donors (Lipinski definition) is 2. The molecule has 162 valence electrons. The number of carbonyl (C=O) groups excluding carboxylic acids is 1. The highest BCUT2D eigenvalue weighted by Crippen LogP contribution is 2.20. The number of thioether (sulfide) groups is 1. The molecule has 4 rings (SSSR count). The maximum Gasteiger partial charge on any atom is 0.270 e. The molecule has 0 unspecified atom stereocenters. The Labute approximate surface area is 185 Å². The first-order valence-corrected chi connectivity index (χ1v) is 12.0. The average molecular weight is 437 g/mol. The molecule has 0 saturated carbocycles. The normalized spacial score (nSPS) is 13.5. The van der Waals surface area contributed by atoms with Gasteiger partial charge >= 0.3 is 0 Å². The first kappa shape index (κ1) is 21.4. The van der Waals surface area contributed by atoms with Crippen molar-refractivity contribution in [2.75, 3.05) is 5.75 Å². The third-order valence-corrected chi connectivity index (χ3v) is 6.25. The number of carbonyl (C=O) groups is 1. The van der Waals surface area contributed by atoms with Gasteiger partial charge in [-0.05, 0) is 25.3 Å². The summed E-state index contributed by atoms with van der Waals surface area (Å²) in [6.07, 6.45) is 13.5. The Morgan fingerprint density at radius 2 is 2.00 bits per heavy atom. The molecule has 7 heteroatoms. The average Bonchev–Trinajstić information content (AvgIpc) is 2.98. The van der Waals surface area contributed by atoms with E-state index in [1.54, 1.807) is 11.8 Å². The lowest BCUT2D eigenvalue weighted by atomic mass is 10.0. The van der Waals surface area contributed by atoms with E-state index in [0.29, 0.717) is 28.4 Å². The predicted molar refractivity (Wildman–Crippen MR) is 124 cm³/mol. The quantitative estimate of drug-likeness (QED) is 0.235. The van der Waals surface area contributed by atoms with Gasteiger partial charge in [-0.1, -0.05) is 80.8 Å². The number of nitrogens with zero attached hydrogens (tertiary/aromatic N) is 2. The van der Waals surface area contributed by atoms with E-state index in [4.69, 9.17) is 4.42 Å². The zero-order valence-electron chi connectivity index (χ0n) is 17.8. The van der Waals surface area contributed by atoms with Gasteiger partial charge in [-0.3, -0.25) is 15.0 Å². The number of hydrogen-bond acceptors (Lipinski definition) is 5. The van der Waals surface area contributed by atoms with Gasteiger partial charge in [-0.15, -0.1) is 0 Å². The van der Waals surface area contributed by atoms with Crippen LogP contribution in [0.5, 0.6) is 0 Å². The van der Waals surface area contributed by atoms with Crippen LogP contribution in [0.1, 0.15) is 62.6 Å².